The summed E-state index contributed by atoms with van der Waals surface area (Å²) in [5.41, 5.74) is 11.5. The summed E-state index contributed by atoms with van der Waals surface area (Å²) in [6.07, 6.45) is 7.55. The average molecular weight is 771 g/mol. The molecule has 2 heterocycles. The standard InChI is InChI=1S/C54H38N6/c1-5-18-37(19-6-1)49-55-50(38-20-7-2-8-21-38)58-53(57-49)45-30-16-27-42(35-45)41-26-15-28-43(34-41)47-32-13-14-33-48(47)44-29-17-31-46(36-44)54-59-51(39-22-9-3-10-23-39)56-52(60-54)40-24-11-4-12-25-40/h1-32,34-36,48H,33H2. The highest BCUT2D eigenvalue weighted by molar-refractivity contribution is 5.80. The minimum Gasteiger partial charge on any atom is -0.208 e. The maximum absolute atomic E-state index is 5.01. The molecular formula is C54H38N6. The Bertz CT molecular complexity index is 2880. The van der Waals surface area contributed by atoms with Gasteiger partial charge in [0, 0.05) is 39.3 Å². The molecule has 1 atom stereocenters. The number of benzene rings is 7. The van der Waals surface area contributed by atoms with Gasteiger partial charge in [-0.15, -0.1) is 0 Å². The summed E-state index contributed by atoms with van der Waals surface area (Å²) >= 11 is 0. The van der Waals surface area contributed by atoms with E-state index in [1.807, 2.05) is 121 Å². The summed E-state index contributed by atoms with van der Waals surface area (Å²) in [5, 5.41) is 0. The van der Waals surface area contributed by atoms with Crippen LogP contribution in [0.15, 0.2) is 212 Å². The van der Waals surface area contributed by atoms with Crippen molar-refractivity contribution in [2.75, 3.05) is 0 Å². The molecule has 60 heavy (non-hydrogen) atoms. The molecule has 0 saturated heterocycles. The zero-order chi connectivity index (χ0) is 40.1. The van der Waals surface area contributed by atoms with E-state index in [1.165, 1.54) is 16.7 Å². The second-order valence-corrected chi connectivity index (χ2v) is 14.7. The van der Waals surface area contributed by atoms with Gasteiger partial charge in [-0.3, -0.25) is 0 Å². The van der Waals surface area contributed by atoms with Crippen LogP contribution in [0.2, 0.25) is 0 Å². The molecule has 284 valence electrons. The van der Waals surface area contributed by atoms with Gasteiger partial charge < -0.3 is 0 Å². The molecule has 1 aliphatic rings. The van der Waals surface area contributed by atoms with Crippen LogP contribution in [0.3, 0.4) is 0 Å². The topological polar surface area (TPSA) is 77.3 Å². The van der Waals surface area contributed by atoms with Gasteiger partial charge in [-0.1, -0.05) is 194 Å². The summed E-state index contributed by atoms with van der Waals surface area (Å²) in [6, 6.07) is 66.3. The minimum atomic E-state index is 0.138. The van der Waals surface area contributed by atoms with E-state index in [9.17, 15) is 0 Å². The first kappa shape index (κ1) is 36.4. The number of rotatable bonds is 9. The molecule has 2 aromatic heterocycles. The fourth-order valence-corrected chi connectivity index (χ4v) is 7.73. The molecule has 0 radical (unpaired) electrons. The molecule has 0 aliphatic heterocycles. The molecule has 0 amide bonds. The SMILES string of the molecule is C1=CCC(c2cccc(-c3nc(-c4ccccc4)nc(-c4ccccc4)n3)c2)C(c2cccc(-c3cccc(-c4nc(-c5ccccc5)nc(-c5ccccc5)n4)c3)c2)=C1. The maximum atomic E-state index is 5.01. The smallest absolute Gasteiger partial charge is 0.164 e. The van der Waals surface area contributed by atoms with E-state index >= 15 is 0 Å². The maximum Gasteiger partial charge on any atom is 0.164 e. The Balaban J connectivity index is 0.987. The average Bonchev–Trinajstić information content (AvgIpc) is 3.35. The molecule has 1 aliphatic carbocycles. The lowest BCUT2D eigenvalue weighted by atomic mass is 9.81. The third kappa shape index (κ3) is 7.70. The summed E-state index contributed by atoms with van der Waals surface area (Å²) in [6.45, 7) is 0. The van der Waals surface area contributed by atoms with Crippen molar-refractivity contribution in [1.29, 1.82) is 0 Å². The van der Waals surface area contributed by atoms with Crippen LogP contribution in [0.5, 0.6) is 0 Å². The van der Waals surface area contributed by atoms with Crippen molar-refractivity contribution >= 4 is 5.57 Å². The molecule has 10 rings (SSSR count). The van der Waals surface area contributed by atoms with Crippen LogP contribution in [0.4, 0.5) is 0 Å². The van der Waals surface area contributed by atoms with Crippen LogP contribution in [-0.4, -0.2) is 29.9 Å². The van der Waals surface area contributed by atoms with E-state index in [-0.39, 0.29) is 5.92 Å². The fraction of sp³-hybridized carbons (Fsp3) is 0.0370. The fourth-order valence-electron chi connectivity index (χ4n) is 7.73. The molecule has 0 bridgehead atoms. The monoisotopic (exact) mass is 770 g/mol. The van der Waals surface area contributed by atoms with Crippen molar-refractivity contribution in [3.63, 3.8) is 0 Å². The van der Waals surface area contributed by atoms with Crippen molar-refractivity contribution in [3.8, 4) is 79.5 Å². The van der Waals surface area contributed by atoms with Crippen LogP contribution in [0, 0.1) is 0 Å². The largest absolute Gasteiger partial charge is 0.208 e. The highest BCUT2D eigenvalue weighted by Gasteiger charge is 2.22. The molecule has 6 heteroatoms. The molecule has 9 aromatic rings. The van der Waals surface area contributed by atoms with Crippen LogP contribution in [0.1, 0.15) is 23.5 Å². The lowest BCUT2D eigenvalue weighted by Crippen LogP contribution is -2.05. The minimum absolute atomic E-state index is 0.138. The molecule has 1 unspecified atom stereocenters. The molecule has 6 nitrogen and oxygen atoms in total. The zero-order valence-electron chi connectivity index (χ0n) is 32.7. The Kier molecular flexibility index (Phi) is 10.00. The lowest BCUT2D eigenvalue weighted by molar-refractivity contribution is 0.874. The van der Waals surface area contributed by atoms with E-state index in [1.54, 1.807) is 0 Å². The van der Waals surface area contributed by atoms with Crippen molar-refractivity contribution in [2.24, 2.45) is 0 Å². The van der Waals surface area contributed by atoms with Gasteiger partial charge >= 0.3 is 0 Å². The van der Waals surface area contributed by atoms with Gasteiger partial charge in [-0.05, 0) is 52.4 Å². The van der Waals surface area contributed by atoms with E-state index < -0.39 is 0 Å². The summed E-state index contributed by atoms with van der Waals surface area (Å²) in [7, 11) is 0. The molecular weight excluding hydrogens is 733 g/mol. The number of hydrogen-bond donors (Lipinski definition) is 0. The lowest BCUT2D eigenvalue weighted by Gasteiger charge is -2.23. The molecule has 0 N–H and O–H groups in total. The predicted octanol–water partition coefficient (Wildman–Crippen LogP) is 12.9. The van der Waals surface area contributed by atoms with Crippen molar-refractivity contribution in [2.45, 2.75) is 12.3 Å². The molecule has 0 saturated carbocycles. The quantitative estimate of drug-likeness (QED) is 0.145. The Morgan fingerprint density at radius 1 is 0.300 bits per heavy atom. The highest BCUT2D eigenvalue weighted by Crippen LogP contribution is 2.40. The van der Waals surface area contributed by atoms with Gasteiger partial charge in [0.05, 0.1) is 0 Å². The van der Waals surface area contributed by atoms with Crippen LogP contribution in [-0.2, 0) is 0 Å². The second kappa shape index (κ2) is 16.5. The zero-order valence-corrected chi connectivity index (χ0v) is 32.7. The normalized spacial score (nSPS) is 13.5. The van der Waals surface area contributed by atoms with Gasteiger partial charge in [0.25, 0.3) is 0 Å². The Morgan fingerprint density at radius 3 is 1.08 bits per heavy atom. The summed E-state index contributed by atoms with van der Waals surface area (Å²) in [5.74, 6) is 4.00. The van der Waals surface area contributed by atoms with Gasteiger partial charge in [0.2, 0.25) is 0 Å². The van der Waals surface area contributed by atoms with E-state index in [0.717, 1.165) is 50.9 Å². The van der Waals surface area contributed by atoms with Crippen LogP contribution in [0.25, 0.3) is 85.0 Å². The van der Waals surface area contributed by atoms with Crippen molar-refractivity contribution in [1.82, 2.24) is 29.9 Å². The second-order valence-electron chi connectivity index (χ2n) is 14.7. The van der Waals surface area contributed by atoms with Crippen molar-refractivity contribution < 1.29 is 0 Å². The molecule has 0 spiro atoms. The molecule has 7 aromatic carbocycles. The number of nitrogens with zero attached hydrogens (tertiary/aromatic N) is 6. The van der Waals surface area contributed by atoms with Gasteiger partial charge in [-0.2, -0.15) is 0 Å². The van der Waals surface area contributed by atoms with Crippen LogP contribution < -0.4 is 0 Å². The molecule has 0 fully saturated rings. The first-order chi connectivity index (χ1) is 29.7. The van der Waals surface area contributed by atoms with E-state index in [4.69, 9.17) is 29.9 Å². The van der Waals surface area contributed by atoms with E-state index in [0.29, 0.717) is 34.9 Å². The van der Waals surface area contributed by atoms with E-state index in [2.05, 4.69) is 91.0 Å². The van der Waals surface area contributed by atoms with Crippen LogP contribution >= 0.6 is 0 Å². The van der Waals surface area contributed by atoms with Gasteiger partial charge in [-0.25, -0.2) is 29.9 Å². The summed E-state index contributed by atoms with van der Waals surface area (Å²) < 4.78 is 0. The van der Waals surface area contributed by atoms with Gasteiger partial charge in [0.15, 0.2) is 34.9 Å². The van der Waals surface area contributed by atoms with Gasteiger partial charge in [0.1, 0.15) is 0 Å². The third-order valence-electron chi connectivity index (χ3n) is 10.8. The first-order valence-electron chi connectivity index (χ1n) is 20.1. The Labute approximate surface area is 349 Å². The Morgan fingerprint density at radius 2 is 0.633 bits per heavy atom. The highest BCUT2D eigenvalue weighted by atomic mass is 15.0. The Hall–Kier alpha value is -7.96. The summed E-state index contributed by atoms with van der Waals surface area (Å²) in [4.78, 5) is 29.8. The third-order valence-corrected chi connectivity index (χ3v) is 10.8. The number of aromatic nitrogens is 6. The van der Waals surface area contributed by atoms with Crippen molar-refractivity contribution in [3.05, 3.63) is 223 Å². The first-order valence-corrected chi connectivity index (χ1v) is 20.1. The number of hydrogen-bond acceptors (Lipinski definition) is 6. The predicted molar refractivity (Wildman–Crippen MR) is 242 cm³/mol. The number of allylic oxidation sites excluding steroid dienone is 4.